The molecule has 3 rings (SSSR count). The number of ether oxygens (including phenoxy) is 1. The number of carbonyl (C=O) groups is 1. The molecule has 3 nitrogen and oxygen atoms in total. The van der Waals surface area contributed by atoms with Crippen molar-refractivity contribution in [1.82, 2.24) is 5.32 Å². The molecule has 2 heterocycles. The van der Waals surface area contributed by atoms with Crippen LogP contribution in [-0.4, -0.2) is 25.2 Å². The van der Waals surface area contributed by atoms with Crippen LogP contribution in [0.5, 0.6) is 0 Å². The van der Waals surface area contributed by atoms with E-state index in [0.717, 1.165) is 12.5 Å². The van der Waals surface area contributed by atoms with Crippen LogP contribution in [0.3, 0.4) is 0 Å². The van der Waals surface area contributed by atoms with E-state index >= 15 is 0 Å². The standard InChI is InChI=1S/C9H15NO2/c1-12-8(11)6-9-4-7(5-9)2-3-10-9/h7,10H,2-6H2,1H3. The summed E-state index contributed by atoms with van der Waals surface area (Å²) in [5.74, 6) is 0.791. The third-order valence-corrected chi connectivity index (χ3v) is 3.12. The van der Waals surface area contributed by atoms with Gasteiger partial charge in [0, 0.05) is 5.54 Å². The lowest BCUT2D eigenvalue weighted by molar-refractivity contribution is -0.144. The minimum atomic E-state index is -0.0807. The molecule has 0 spiro atoms. The lowest BCUT2D eigenvalue weighted by Crippen LogP contribution is -2.61. The Morgan fingerprint density at radius 1 is 1.67 bits per heavy atom. The van der Waals surface area contributed by atoms with Crippen LogP contribution in [0.1, 0.15) is 25.7 Å². The van der Waals surface area contributed by atoms with Gasteiger partial charge in [0.05, 0.1) is 13.5 Å². The molecule has 3 heteroatoms. The summed E-state index contributed by atoms with van der Waals surface area (Å²) >= 11 is 0. The van der Waals surface area contributed by atoms with Crippen molar-refractivity contribution in [2.75, 3.05) is 13.7 Å². The highest BCUT2D eigenvalue weighted by molar-refractivity contribution is 5.71. The van der Waals surface area contributed by atoms with Crippen LogP contribution in [0.15, 0.2) is 0 Å². The maximum atomic E-state index is 11.0. The van der Waals surface area contributed by atoms with E-state index in [1.165, 1.54) is 26.4 Å². The molecule has 0 unspecified atom stereocenters. The molecule has 68 valence electrons. The van der Waals surface area contributed by atoms with Crippen molar-refractivity contribution in [1.29, 1.82) is 0 Å². The van der Waals surface area contributed by atoms with Gasteiger partial charge in [-0.15, -0.1) is 0 Å². The molecule has 0 amide bonds. The van der Waals surface area contributed by atoms with Gasteiger partial charge in [0.2, 0.25) is 0 Å². The van der Waals surface area contributed by atoms with E-state index in [-0.39, 0.29) is 11.5 Å². The summed E-state index contributed by atoms with van der Waals surface area (Å²) in [5, 5.41) is 3.43. The predicted molar refractivity (Wildman–Crippen MR) is 44.7 cm³/mol. The van der Waals surface area contributed by atoms with E-state index in [4.69, 9.17) is 0 Å². The molecular formula is C9H15NO2. The number of piperidine rings is 2. The quantitative estimate of drug-likeness (QED) is 0.618. The zero-order valence-electron chi connectivity index (χ0n) is 7.43. The van der Waals surface area contributed by atoms with Gasteiger partial charge >= 0.3 is 5.97 Å². The van der Waals surface area contributed by atoms with Gasteiger partial charge in [-0.25, -0.2) is 0 Å². The Morgan fingerprint density at radius 3 is 2.92 bits per heavy atom. The number of carbonyl (C=O) groups excluding carboxylic acids is 1. The van der Waals surface area contributed by atoms with E-state index in [1.807, 2.05) is 0 Å². The van der Waals surface area contributed by atoms with Crippen LogP contribution in [0.4, 0.5) is 0 Å². The summed E-state index contributed by atoms with van der Waals surface area (Å²) in [6.45, 7) is 1.07. The van der Waals surface area contributed by atoms with Crippen LogP contribution < -0.4 is 5.32 Å². The van der Waals surface area contributed by atoms with Crippen LogP contribution in [-0.2, 0) is 9.53 Å². The molecule has 3 aliphatic rings. The first-order chi connectivity index (χ1) is 5.74. The van der Waals surface area contributed by atoms with Crippen LogP contribution >= 0.6 is 0 Å². The number of hydrogen-bond acceptors (Lipinski definition) is 3. The van der Waals surface area contributed by atoms with Crippen molar-refractivity contribution in [3.8, 4) is 0 Å². The van der Waals surface area contributed by atoms with Gasteiger partial charge in [-0.2, -0.15) is 0 Å². The number of methoxy groups -OCH3 is 1. The Kier molecular flexibility index (Phi) is 1.83. The van der Waals surface area contributed by atoms with E-state index in [9.17, 15) is 4.79 Å². The molecule has 2 aliphatic heterocycles. The van der Waals surface area contributed by atoms with Crippen molar-refractivity contribution in [3.05, 3.63) is 0 Å². The molecule has 2 bridgehead atoms. The second kappa shape index (κ2) is 2.73. The second-order valence-corrected chi connectivity index (χ2v) is 4.02. The zero-order valence-corrected chi connectivity index (χ0v) is 7.43. The third kappa shape index (κ3) is 1.22. The van der Waals surface area contributed by atoms with Crippen molar-refractivity contribution in [3.63, 3.8) is 0 Å². The summed E-state index contributed by atoms with van der Waals surface area (Å²) in [4.78, 5) is 11.0. The fourth-order valence-corrected chi connectivity index (χ4v) is 2.49. The minimum absolute atomic E-state index is 0.0807. The van der Waals surface area contributed by atoms with Gasteiger partial charge in [-0.1, -0.05) is 0 Å². The lowest BCUT2D eigenvalue weighted by atomic mass is 9.62. The van der Waals surface area contributed by atoms with Crippen molar-refractivity contribution < 1.29 is 9.53 Å². The summed E-state index contributed by atoms with van der Waals surface area (Å²) in [6, 6.07) is 0. The second-order valence-electron chi connectivity index (χ2n) is 4.02. The monoisotopic (exact) mass is 169 g/mol. The normalized spacial score (nSPS) is 38.6. The van der Waals surface area contributed by atoms with Gasteiger partial charge in [-0.05, 0) is 31.7 Å². The molecule has 0 aromatic carbocycles. The van der Waals surface area contributed by atoms with Gasteiger partial charge in [0.15, 0.2) is 0 Å². The number of hydrogen-bond donors (Lipinski definition) is 1. The molecule has 0 aromatic rings. The van der Waals surface area contributed by atoms with Crippen LogP contribution in [0.25, 0.3) is 0 Å². The maximum Gasteiger partial charge on any atom is 0.307 e. The maximum absolute atomic E-state index is 11.0. The predicted octanol–water partition coefficient (Wildman–Crippen LogP) is 0.692. The summed E-state index contributed by atoms with van der Waals surface area (Å²) in [5.41, 5.74) is 0.121. The fourth-order valence-electron chi connectivity index (χ4n) is 2.49. The number of rotatable bonds is 2. The van der Waals surface area contributed by atoms with Gasteiger partial charge in [0.25, 0.3) is 0 Å². The average Bonchev–Trinajstić information content (AvgIpc) is 2.03. The van der Waals surface area contributed by atoms with Crippen LogP contribution in [0.2, 0.25) is 0 Å². The van der Waals surface area contributed by atoms with E-state index in [1.54, 1.807) is 0 Å². The summed E-state index contributed by atoms with van der Waals surface area (Å²) < 4.78 is 4.66. The highest BCUT2D eigenvalue weighted by Gasteiger charge is 2.48. The number of fused-ring (bicyclic) bond motifs is 2. The Bertz CT molecular complexity index is 191. The highest BCUT2D eigenvalue weighted by Crippen LogP contribution is 2.45. The van der Waals surface area contributed by atoms with Gasteiger partial charge < -0.3 is 10.1 Å². The van der Waals surface area contributed by atoms with E-state index in [2.05, 4.69) is 10.1 Å². The molecule has 3 fully saturated rings. The molecule has 0 atom stereocenters. The first-order valence-electron chi connectivity index (χ1n) is 4.56. The minimum Gasteiger partial charge on any atom is -0.469 e. The Balaban J connectivity index is 1.91. The third-order valence-electron chi connectivity index (χ3n) is 3.12. The number of nitrogens with one attached hydrogen (secondary N) is 1. The van der Waals surface area contributed by atoms with Crippen LogP contribution in [0, 0.1) is 5.92 Å². The largest absolute Gasteiger partial charge is 0.469 e. The zero-order chi connectivity index (χ0) is 8.60. The number of esters is 1. The Labute approximate surface area is 72.5 Å². The lowest BCUT2D eigenvalue weighted by Gasteiger charge is -2.52. The smallest absolute Gasteiger partial charge is 0.307 e. The summed E-state index contributed by atoms with van der Waals surface area (Å²) in [6.07, 6.45) is 4.17. The molecule has 12 heavy (non-hydrogen) atoms. The van der Waals surface area contributed by atoms with E-state index in [0.29, 0.717) is 6.42 Å². The Morgan fingerprint density at radius 2 is 2.42 bits per heavy atom. The van der Waals surface area contributed by atoms with Crippen molar-refractivity contribution in [2.24, 2.45) is 5.92 Å². The molecule has 1 N–H and O–H groups in total. The first-order valence-corrected chi connectivity index (χ1v) is 4.56. The van der Waals surface area contributed by atoms with Gasteiger partial charge in [-0.3, -0.25) is 4.79 Å². The van der Waals surface area contributed by atoms with E-state index < -0.39 is 0 Å². The van der Waals surface area contributed by atoms with Gasteiger partial charge in [0.1, 0.15) is 0 Å². The first kappa shape index (κ1) is 8.05. The topological polar surface area (TPSA) is 38.3 Å². The highest BCUT2D eigenvalue weighted by atomic mass is 16.5. The SMILES string of the molecule is COC(=O)CC12CC(CCN1)C2. The molecule has 1 saturated carbocycles. The molecule has 1 aliphatic carbocycles. The summed E-state index contributed by atoms with van der Waals surface area (Å²) in [7, 11) is 1.46. The molecule has 0 aromatic heterocycles. The molecular weight excluding hydrogens is 154 g/mol. The molecule has 0 radical (unpaired) electrons. The average molecular weight is 169 g/mol. The molecule has 2 saturated heterocycles. The Hall–Kier alpha value is -0.570. The van der Waals surface area contributed by atoms with Crippen molar-refractivity contribution in [2.45, 2.75) is 31.2 Å². The fraction of sp³-hybridized carbons (Fsp3) is 0.889. The van der Waals surface area contributed by atoms with Crippen molar-refractivity contribution >= 4 is 5.97 Å².